The molecule has 8 heteroatoms. The summed E-state index contributed by atoms with van der Waals surface area (Å²) in [5.74, 6) is 0.756. The van der Waals surface area contributed by atoms with Gasteiger partial charge in [0.15, 0.2) is 5.82 Å². The number of aromatic amines is 1. The Labute approximate surface area is 201 Å². The van der Waals surface area contributed by atoms with E-state index >= 15 is 0 Å². The number of benzene rings is 1. The van der Waals surface area contributed by atoms with Crippen molar-refractivity contribution >= 4 is 21.2 Å². The van der Waals surface area contributed by atoms with Gasteiger partial charge in [0.1, 0.15) is 21.6 Å². The number of hydrogen-bond donors (Lipinski definition) is 1. The summed E-state index contributed by atoms with van der Waals surface area (Å²) in [6.45, 7) is 2.40. The third-order valence-electron chi connectivity index (χ3n) is 6.92. The number of nitrogens with one attached hydrogen (secondary N) is 1. The van der Waals surface area contributed by atoms with Gasteiger partial charge in [0.05, 0.1) is 11.9 Å². The highest BCUT2D eigenvalue weighted by Crippen LogP contribution is 2.35. The van der Waals surface area contributed by atoms with Crippen LogP contribution in [0.15, 0.2) is 30.5 Å². The number of sulfone groups is 1. The predicted octanol–water partition coefficient (Wildman–Crippen LogP) is 3.89. The van der Waals surface area contributed by atoms with E-state index in [4.69, 9.17) is 5.26 Å². The maximum Gasteiger partial charge on any atom is 0.202 e. The summed E-state index contributed by atoms with van der Waals surface area (Å²) in [5.41, 5.74) is 5.07. The molecule has 0 amide bonds. The fourth-order valence-electron chi connectivity index (χ4n) is 4.95. The number of likely N-dealkylation sites (tertiary alicyclic amines) is 1. The number of allylic oxidation sites excluding steroid dienone is 2. The number of aromatic nitrogens is 2. The van der Waals surface area contributed by atoms with E-state index in [-0.39, 0.29) is 29.5 Å². The van der Waals surface area contributed by atoms with Crippen molar-refractivity contribution in [1.29, 1.82) is 5.26 Å². The molecular formula is C26H32N4O3S. The minimum absolute atomic E-state index is 0.119. The number of piperidine rings is 1. The first-order valence-corrected chi connectivity index (χ1v) is 14.1. The number of nitriles is 1. The Morgan fingerprint density at radius 1 is 1.26 bits per heavy atom. The summed E-state index contributed by atoms with van der Waals surface area (Å²) >= 11 is 0. The Hall–Kier alpha value is -2.76. The van der Waals surface area contributed by atoms with Crippen molar-refractivity contribution in [3.8, 4) is 6.07 Å². The molecule has 1 aromatic carbocycles. The molecule has 4 rings (SSSR count). The van der Waals surface area contributed by atoms with E-state index in [1.165, 1.54) is 30.0 Å². The molecular weight excluding hydrogens is 448 g/mol. The average Bonchev–Trinajstić information content (AvgIpc) is 3.33. The average molecular weight is 481 g/mol. The van der Waals surface area contributed by atoms with Gasteiger partial charge in [0, 0.05) is 19.2 Å². The molecule has 0 radical (unpaired) electrons. The molecule has 1 aromatic heterocycles. The van der Waals surface area contributed by atoms with Crippen molar-refractivity contribution < 1.29 is 13.2 Å². The van der Waals surface area contributed by atoms with E-state index < -0.39 is 9.84 Å². The van der Waals surface area contributed by atoms with Crippen LogP contribution in [-0.4, -0.2) is 60.7 Å². The number of Topliss-reactive ketones (excluding diaryl/α,β-unsaturated/α-hetero) is 1. The van der Waals surface area contributed by atoms with Gasteiger partial charge >= 0.3 is 0 Å². The first kappa shape index (κ1) is 24.4. The summed E-state index contributed by atoms with van der Waals surface area (Å²) in [6, 6.07) is 8.49. The Kier molecular flexibility index (Phi) is 7.64. The quantitative estimate of drug-likeness (QED) is 0.575. The lowest BCUT2D eigenvalue weighted by Gasteiger charge is -2.32. The summed E-state index contributed by atoms with van der Waals surface area (Å²) in [4.78, 5) is 22.0. The lowest BCUT2D eigenvalue weighted by molar-refractivity contribution is 0.0984. The monoisotopic (exact) mass is 480 g/mol. The number of hydrogen-bond acceptors (Lipinski definition) is 6. The number of nitrogens with zero attached hydrogens (tertiary/aromatic N) is 3. The molecule has 2 heterocycles. The van der Waals surface area contributed by atoms with Crippen molar-refractivity contribution in [1.82, 2.24) is 14.9 Å². The van der Waals surface area contributed by atoms with Crippen LogP contribution in [0.5, 0.6) is 0 Å². The van der Waals surface area contributed by atoms with Crippen LogP contribution in [-0.2, 0) is 16.3 Å². The lowest BCUT2D eigenvalue weighted by atomic mass is 9.83. The molecule has 1 aliphatic heterocycles. The van der Waals surface area contributed by atoms with Crippen LogP contribution in [0.1, 0.15) is 77.4 Å². The summed E-state index contributed by atoms with van der Waals surface area (Å²) in [5, 5.41) is 9.00. The maximum absolute atomic E-state index is 12.9. The molecule has 1 N–H and O–H groups in total. The van der Waals surface area contributed by atoms with Crippen LogP contribution >= 0.6 is 0 Å². The normalized spacial score (nSPS) is 17.8. The van der Waals surface area contributed by atoms with Crippen LogP contribution in [0.25, 0.3) is 5.57 Å². The number of carbonyl (C=O) groups is 1. The highest BCUT2D eigenvalue weighted by atomic mass is 32.2. The van der Waals surface area contributed by atoms with E-state index in [9.17, 15) is 13.2 Å². The minimum Gasteiger partial charge on any atom is -0.327 e. The van der Waals surface area contributed by atoms with Crippen molar-refractivity contribution in [2.75, 3.05) is 31.6 Å². The van der Waals surface area contributed by atoms with E-state index in [2.05, 4.69) is 39.1 Å². The molecule has 1 fully saturated rings. The Bertz CT molecular complexity index is 1210. The second-order valence-electron chi connectivity index (χ2n) is 9.49. The Morgan fingerprint density at radius 2 is 2.06 bits per heavy atom. The SMILES string of the molecule is CS(=O)(=O)CCN1CCC(c2ccc(CC(=O)c3ncc(C#N)[nH]3)c(C3=CCCCC3)c2)CC1. The van der Waals surface area contributed by atoms with Crippen LogP contribution < -0.4 is 0 Å². The first-order valence-electron chi connectivity index (χ1n) is 12.0. The highest BCUT2D eigenvalue weighted by Gasteiger charge is 2.23. The Morgan fingerprint density at radius 3 is 2.71 bits per heavy atom. The van der Waals surface area contributed by atoms with E-state index in [1.807, 2.05) is 6.07 Å². The van der Waals surface area contributed by atoms with Gasteiger partial charge in [-0.15, -0.1) is 0 Å². The summed E-state index contributed by atoms with van der Waals surface area (Å²) in [6.07, 6.45) is 11.7. The number of H-pyrrole nitrogens is 1. The van der Waals surface area contributed by atoms with E-state index in [1.54, 1.807) is 0 Å². The second-order valence-corrected chi connectivity index (χ2v) is 11.8. The molecule has 0 atom stereocenters. The molecule has 0 spiro atoms. The summed E-state index contributed by atoms with van der Waals surface area (Å²) in [7, 11) is -2.94. The third-order valence-corrected chi connectivity index (χ3v) is 7.84. The maximum atomic E-state index is 12.9. The van der Waals surface area contributed by atoms with Gasteiger partial charge in [-0.25, -0.2) is 13.4 Å². The molecule has 2 aromatic rings. The molecule has 180 valence electrons. The molecule has 34 heavy (non-hydrogen) atoms. The number of ketones is 1. The molecule has 1 saturated heterocycles. The fourth-order valence-corrected chi connectivity index (χ4v) is 5.53. The molecule has 0 unspecified atom stereocenters. The molecule has 2 aliphatic rings. The molecule has 0 saturated carbocycles. The zero-order valence-electron chi connectivity index (χ0n) is 19.7. The minimum atomic E-state index is -2.94. The smallest absolute Gasteiger partial charge is 0.202 e. The number of rotatable bonds is 8. The van der Waals surface area contributed by atoms with Gasteiger partial charge < -0.3 is 9.88 Å². The van der Waals surface area contributed by atoms with Gasteiger partial charge in [-0.05, 0) is 79.8 Å². The van der Waals surface area contributed by atoms with Gasteiger partial charge in [-0.3, -0.25) is 4.79 Å². The first-order chi connectivity index (χ1) is 16.3. The topological polar surface area (TPSA) is 107 Å². The lowest BCUT2D eigenvalue weighted by Crippen LogP contribution is -2.36. The zero-order chi connectivity index (χ0) is 24.1. The van der Waals surface area contributed by atoms with Crippen LogP contribution in [0.4, 0.5) is 0 Å². The fraction of sp³-hybridized carbons (Fsp3) is 0.500. The van der Waals surface area contributed by atoms with Gasteiger partial charge in [-0.2, -0.15) is 5.26 Å². The van der Waals surface area contributed by atoms with Crippen LogP contribution in [0.3, 0.4) is 0 Å². The zero-order valence-corrected chi connectivity index (χ0v) is 20.5. The van der Waals surface area contributed by atoms with Crippen molar-refractivity contribution in [2.24, 2.45) is 0 Å². The van der Waals surface area contributed by atoms with Crippen molar-refractivity contribution in [3.05, 3.63) is 58.7 Å². The molecule has 1 aliphatic carbocycles. The predicted molar refractivity (Wildman–Crippen MR) is 132 cm³/mol. The third kappa shape index (κ3) is 6.22. The summed E-state index contributed by atoms with van der Waals surface area (Å²) < 4.78 is 23.0. The van der Waals surface area contributed by atoms with Crippen molar-refractivity contribution in [2.45, 2.75) is 50.9 Å². The second kappa shape index (κ2) is 10.7. The largest absolute Gasteiger partial charge is 0.327 e. The van der Waals surface area contributed by atoms with E-state index in [0.717, 1.165) is 56.3 Å². The number of imidazole rings is 1. The Balaban J connectivity index is 1.51. The van der Waals surface area contributed by atoms with Gasteiger partial charge in [0.25, 0.3) is 0 Å². The van der Waals surface area contributed by atoms with Gasteiger partial charge in [0.2, 0.25) is 5.78 Å². The van der Waals surface area contributed by atoms with Crippen LogP contribution in [0.2, 0.25) is 0 Å². The van der Waals surface area contributed by atoms with Crippen molar-refractivity contribution in [3.63, 3.8) is 0 Å². The standard InChI is InChI=1S/C26H32N4O3S/c1-34(32,33)14-13-30-11-9-19(10-12-30)21-7-8-22(24(15-21)20-5-3-2-4-6-20)16-25(31)26-28-18-23(17-27)29-26/h5,7-8,15,18-19H,2-4,6,9-14,16H2,1H3,(H,28,29). The van der Waals surface area contributed by atoms with E-state index in [0.29, 0.717) is 12.5 Å². The highest BCUT2D eigenvalue weighted by molar-refractivity contribution is 7.90. The number of carbonyl (C=O) groups excluding carboxylic acids is 1. The van der Waals surface area contributed by atoms with Crippen LogP contribution in [0, 0.1) is 11.3 Å². The molecule has 0 bridgehead atoms. The van der Waals surface area contributed by atoms with Gasteiger partial charge in [-0.1, -0.05) is 24.3 Å². The molecule has 7 nitrogen and oxygen atoms in total.